The van der Waals surface area contributed by atoms with Gasteiger partial charge in [0.15, 0.2) is 0 Å². The van der Waals surface area contributed by atoms with Crippen LogP contribution in [0.3, 0.4) is 0 Å². The molecule has 1 atom stereocenters. The van der Waals surface area contributed by atoms with E-state index in [4.69, 9.17) is 5.11 Å². The Balaban J connectivity index is 2.63. The van der Waals surface area contributed by atoms with Gasteiger partial charge in [-0.05, 0) is 18.9 Å². The molecule has 1 aromatic rings. The van der Waals surface area contributed by atoms with Crippen molar-refractivity contribution >= 4 is 12.6 Å². The SMILES string of the molecule is Cc1cccc(CC(S)CO)c1. The van der Waals surface area contributed by atoms with E-state index in [1.54, 1.807) is 0 Å². The topological polar surface area (TPSA) is 20.2 Å². The lowest BCUT2D eigenvalue weighted by Gasteiger charge is -2.06. The Morgan fingerprint density at radius 2 is 2.25 bits per heavy atom. The van der Waals surface area contributed by atoms with Crippen LogP contribution in [0, 0.1) is 6.92 Å². The molecular weight excluding hydrogens is 168 g/mol. The smallest absolute Gasteiger partial charge is 0.0550 e. The monoisotopic (exact) mass is 182 g/mol. The Hall–Kier alpha value is -0.470. The first-order valence-electron chi connectivity index (χ1n) is 4.07. The Morgan fingerprint density at radius 1 is 1.50 bits per heavy atom. The molecule has 0 radical (unpaired) electrons. The Labute approximate surface area is 78.8 Å². The number of hydrogen-bond donors (Lipinski definition) is 2. The van der Waals surface area contributed by atoms with E-state index in [-0.39, 0.29) is 11.9 Å². The van der Waals surface area contributed by atoms with Gasteiger partial charge in [-0.1, -0.05) is 29.8 Å². The van der Waals surface area contributed by atoms with Crippen molar-refractivity contribution in [2.45, 2.75) is 18.6 Å². The second-order valence-corrected chi connectivity index (χ2v) is 3.76. The van der Waals surface area contributed by atoms with E-state index in [2.05, 4.69) is 37.8 Å². The molecule has 1 N–H and O–H groups in total. The molecule has 1 nitrogen and oxygen atoms in total. The second kappa shape index (κ2) is 4.53. The summed E-state index contributed by atoms with van der Waals surface area (Å²) in [6.07, 6.45) is 0.835. The quantitative estimate of drug-likeness (QED) is 0.683. The third-order valence-corrected chi connectivity index (χ3v) is 2.11. The van der Waals surface area contributed by atoms with Gasteiger partial charge in [-0.3, -0.25) is 0 Å². The van der Waals surface area contributed by atoms with Crippen molar-refractivity contribution in [2.24, 2.45) is 0 Å². The fourth-order valence-corrected chi connectivity index (χ4v) is 1.39. The first kappa shape index (κ1) is 9.62. The maximum Gasteiger partial charge on any atom is 0.0550 e. The fourth-order valence-electron chi connectivity index (χ4n) is 1.18. The maximum absolute atomic E-state index is 8.79. The molecule has 0 aliphatic heterocycles. The van der Waals surface area contributed by atoms with E-state index in [0.29, 0.717) is 0 Å². The van der Waals surface area contributed by atoms with Crippen LogP contribution in [0.2, 0.25) is 0 Å². The highest BCUT2D eigenvalue weighted by Gasteiger charge is 2.01. The van der Waals surface area contributed by atoms with E-state index >= 15 is 0 Å². The molecule has 1 unspecified atom stereocenters. The highest BCUT2D eigenvalue weighted by atomic mass is 32.1. The summed E-state index contributed by atoms with van der Waals surface area (Å²) in [6, 6.07) is 8.28. The summed E-state index contributed by atoms with van der Waals surface area (Å²) in [5.41, 5.74) is 2.50. The molecule has 0 aliphatic rings. The standard InChI is InChI=1S/C10H14OS/c1-8-3-2-4-9(5-8)6-10(12)7-11/h2-5,10-12H,6-7H2,1H3. The second-order valence-electron chi connectivity index (χ2n) is 3.03. The lowest BCUT2D eigenvalue weighted by Crippen LogP contribution is -2.08. The van der Waals surface area contributed by atoms with Gasteiger partial charge in [0.25, 0.3) is 0 Å². The lowest BCUT2D eigenvalue weighted by atomic mass is 10.1. The summed E-state index contributed by atoms with van der Waals surface area (Å²) < 4.78 is 0. The highest BCUT2D eigenvalue weighted by Crippen LogP contribution is 2.09. The first-order valence-corrected chi connectivity index (χ1v) is 4.58. The molecule has 2 heteroatoms. The minimum absolute atomic E-state index is 0.0619. The van der Waals surface area contributed by atoms with Gasteiger partial charge < -0.3 is 5.11 Å². The molecule has 0 spiro atoms. The van der Waals surface area contributed by atoms with Crippen LogP contribution in [0.5, 0.6) is 0 Å². The molecule has 0 saturated heterocycles. The molecule has 0 fully saturated rings. The summed E-state index contributed by atoms with van der Waals surface area (Å²) in [4.78, 5) is 0. The number of hydrogen-bond acceptors (Lipinski definition) is 2. The normalized spacial score (nSPS) is 12.9. The summed E-state index contributed by atoms with van der Waals surface area (Å²) >= 11 is 4.23. The molecule has 0 aromatic heterocycles. The van der Waals surface area contributed by atoms with E-state index in [9.17, 15) is 0 Å². The van der Waals surface area contributed by atoms with Crippen LogP contribution in [0.4, 0.5) is 0 Å². The van der Waals surface area contributed by atoms with E-state index in [1.165, 1.54) is 11.1 Å². The minimum atomic E-state index is 0.0619. The van der Waals surface area contributed by atoms with Crippen LogP contribution in [-0.2, 0) is 6.42 Å². The van der Waals surface area contributed by atoms with E-state index in [1.807, 2.05) is 6.07 Å². The third-order valence-electron chi connectivity index (χ3n) is 1.76. The van der Waals surface area contributed by atoms with Gasteiger partial charge in [0.2, 0.25) is 0 Å². The first-order chi connectivity index (χ1) is 5.72. The molecule has 66 valence electrons. The van der Waals surface area contributed by atoms with Crippen molar-refractivity contribution in [1.82, 2.24) is 0 Å². The fraction of sp³-hybridized carbons (Fsp3) is 0.400. The van der Waals surface area contributed by atoms with Gasteiger partial charge in [-0.2, -0.15) is 12.6 Å². The van der Waals surface area contributed by atoms with Crippen molar-refractivity contribution in [2.75, 3.05) is 6.61 Å². The number of thiol groups is 1. The van der Waals surface area contributed by atoms with Gasteiger partial charge in [0, 0.05) is 5.25 Å². The molecule has 0 amide bonds. The van der Waals surface area contributed by atoms with Gasteiger partial charge in [0.1, 0.15) is 0 Å². The summed E-state index contributed by atoms with van der Waals surface area (Å²) in [5, 5.41) is 8.85. The van der Waals surface area contributed by atoms with Crippen molar-refractivity contribution in [3.63, 3.8) is 0 Å². The van der Waals surface area contributed by atoms with Crippen molar-refractivity contribution in [3.05, 3.63) is 35.4 Å². The zero-order chi connectivity index (χ0) is 8.97. The predicted molar refractivity (Wildman–Crippen MR) is 54.7 cm³/mol. The molecule has 0 aliphatic carbocycles. The van der Waals surface area contributed by atoms with Crippen molar-refractivity contribution in [1.29, 1.82) is 0 Å². The van der Waals surface area contributed by atoms with Crippen molar-refractivity contribution < 1.29 is 5.11 Å². The van der Waals surface area contributed by atoms with Crippen LogP contribution in [-0.4, -0.2) is 17.0 Å². The molecule has 1 rings (SSSR count). The number of rotatable bonds is 3. The lowest BCUT2D eigenvalue weighted by molar-refractivity contribution is 0.295. The third kappa shape index (κ3) is 2.88. The Bertz CT molecular complexity index is 247. The summed E-state index contributed by atoms with van der Waals surface area (Å²) in [7, 11) is 0. The minimum Gasteiger partial charge on any atom is -0.395 e. The molecule has 0 saturated carbocycles. The summed E-state index contributed by atoms with van der Waals surface area (Å²) in [6.45, 7) is 2.20. The highest BCUT2D eigenvalue weighted by molar-refractivity contribution is 7.81. The van der Waals surface area contributed by atoms with Crippen LogP contribution in [0.25, 0.3) is 0 Å². The molecule has 12 heavy (non-hydrogen) atoms. The largest absolute Gasteiger partial charge is 0.395 e. The van der Waals surface area contributed by atoms with Crippen LogP contribution in [0.1, 0.15) is 11.1 Å². The number of aryl methyl sites for hydroxylation is 1. The molecule has 0 bridgehead atoms. The number of benzene rings is 1. The molecular formula is C10H14OS. The average molecular weight is 182 g/mol. The van der Waals surface area contributed by atoms with E-state index in [0.717, 1.165) is 6.42 Å². The van der Waals surface area contributed by atoms with Gasteiger partial charge in [0.05, 0.1) is 6.61 Å². The van der Waals surface area contributed by atoms with Crippen molar-refractivity contribution in [3.8, 4) is 0 Å². The molecule has 1 aromatic carbocycles. The van der Waals surface area contributed by atoms with E-state index < -0.39 is 0 Å². The number of aliphatic hydroxyl groups is 1. The maximum atomic E-state index is 8.79. The van der Waals surface area contributed by atoms with Gasteiger partial charge in [-0.25, -0.2) is 0 Å². The van der Waals surface area contributed by atoms with Crippen LogP contribution >= 0.6 is 12.6 Å². The number of aliphatic hydroxyl groups excluding tert-OH is 1. The van der Waals surface area contributed by atoms with Gasteiger partial charge >= 0.3 is 0 Å². The zero-order valence-corrected chi connectivity index (χ0v) is 8.09. The van der Waals surface area contributed by atoms with Crippen LogP contribution in [0.15, 0.2) is 24.3 Å². The average Bonchev–Trinajstić information content (AvgIpc) is 2.04. The van der Waals surface area contributed by atoms with Crippen LogP contribution < -0.4 is 0 Å². The van der Waals surface area contributed by atoms with Gasteiger partial charge in [-0.15, -0.1) is 0 Å². The molecule has 0 heterocycles. The summed E-state index contributed by atoms with van der Waals surface area (Å²) in [5.74, 6) is 0. The predicted octanol–water partition coefficient (Wildman–Crippen LogP) is 1.83. The Morgan fingerprint density at radius 3 is 2.83 bits per heavy atom. The zero-order valence-electron chi connectivity index (χ0n) is 7.20. The Kier molecular flexibility index (Phi) is 3.63.